The highest BCUT2D eigenvalue weighted by Gasteiger charge is 2.17. The summed E-state index contributed by atoms with van der Waals surface area (Å²) in [7, 11) is -3.66. The summed E-state index contributed by atoms with van der Waals surface area (Å²) in [5.74, 6) is 0.402. The molecular weight excluding hydrogens is 298 g/mol. The van der Waals surface area contributed by atoms with Crippen LogP contribution in [0.15, 0.2) is 23.1 Å². The molecule has 1 atom stereocenters. The molecule has 0 saturated carbocycles. The molecule has 1 aromatic rings. The van der Waals surface area contributed by atoms with Crippen LogP contribution in [-0.2, 0) is 10.0 Å². The quantitative estimate of drug-likeness (QED) is 0.837. The van der Waals surface area contributed by atoms with Gasteiger partial charge in [0.2, 0.25) is 10.0 Å². The van der Waals surface area contributed by atoms with Crippen molar-refractivity contribution >= 4 is 21.6 Å². The highest BCUT2D eigenvalue weighted by molar-refractivity contribution is 7.89. The summed E-state index contributed by atoms with van der Waals surface area (Å²) in [5, 5.41) is 8.87. The van der Waals surface area contributed by atoms with Crippen molar-refractivity contribution in [1.82, 2.24) is 4.72 Å². The van der Waals surface area contributed by atoms with Gasteiger partial charge in [-0.25, -0.2) is 13.1 Å². The number of hydrogen-bond donors (Lipinski definition) is 2. The molecule has 0 heterocycles. The van der Waals surface area contributed by atoms with Crippen molar-refractivity contribution in [1.29, 1.82) is 5.26 Å². The van der Waals surface area contributed by atoms with Crippen molar-refractivity contribution in [3.63, 3.8) is 0 Å². The third kappa shape index (κ3) is 4.76. The van der Waals surface area contributed by atoms with Gasteiger partial charge in [-0.2, -0.15) is 5.26 Å². The number of nitriles is 1. The molecule has 0 aliphatic carbocycles. The Bertz CT molecular complexity index is 609. The van der Waals surface area contributed by atoms with Crippen LogP contribution in [-0.4, -0.2) is 21.0 Å². The van der Waals surface area contributed by atoms with E-state index in [1.165, 1.54) is 18.2 Å². The zero-order chi connectivity index (χ0) is 15.3. The van der Waals surface area contributed by atoms with Gasteiger partial charge in [0.1, 0.15) is 6.07 Å². The van der Waals surface area contributed by atoms with E-state index in [9.17, 15) is 8.42 Å². The van der Waals surface area contributed by atoms with E-state index in [1.807, 2.05) is 19.9 Å². The number of hydrogen-bond acceptors (Lipinski definition) is 4. The number of nitrogens with two attached hydrogens (primary N) is 1. The number of nitrogens with one attached hydrogen (secondary N) is 1. The fourth-order valence-corrected chi connectivity index (χ4v) is 3.15. The van der Waals surface area contributed by atoms with Crippen LogP contribution in [0.5, 0.6) is 0 Å². The Hall–Kier alpha value is -1.13. The minimum absolute atomic E-state index is 0.0262. The topological polar surface area (TPSA) is 96.0 Å². The average Bonchev–Trinajstić information content (AvgIpc) is 2.35. The molecule has 20 heavy (non-hydrogen) atoms. The van der Waals surface area contributed by atoms with Gasteiger partial charge in [0.15, 0.2) is 0 Å². The first-order valence-electron chi connectivity index (χ1n) is 6.21. The number of nitrogens with zero attached hydrogens (tertiary/aromatic N) is 1. The van der Waals surface area contributed by atoms with Crippen LogP contribution in [0.4, 0.5) is 0 Å². The molecule has 1 rings (SSSR count). The van der Waals surface area contributed by atoms with Crippen LogP contribution in [0.1, 0.15) is 25.8 Å². The second-order valence-electron chi connectivity index (χ2n) is 4.99. The molecule has 0 fully saturated rings. The monoisotopic (exact) mass is 315 g/mol. The first kappa shape index (κ1) is 16.9. The van der Waals surface area contributed by atoms with Crippen molar-refractivity contribution < 1.29 is 8.42 Å². The molecule has 1 aromatic carbocycles. The maximum Gasteiger partial charge on any atom is 0.240 e. The summed E-state index contributed by atoms with van der Waals surface area (Å²) in [5.41, 5.74) is 6.08. The van der Waals surface area contributed by atoms with Gasteiger partial charge in [-0.15, -0.1) is 0 Å². The second-order valence-corrected chi connectivity index (χ2v) is 7.17. The van der Waals surface area contributed by atoms with Gasteiger partial charge < -0.3 is 5.73 Å². The molecule has 0 aliphatic heterocycles. The fourth-order valence-electron chi connectivity index (χ4n) is 1.74. The molecule has 0 amide bonds. The first-order chi connectivity index (χ1) is 9.26. The van der Waals surface area contributed by atoms with Gasteiger partial charge >= 0.3 is 0 Å². The maximum absolute atomic E-state index is 12.1. The summed E-state index contributed by atoms with van der Waals surface area (Å²) in [6, 6.07) is 5.63. The lowest BCUT2D eigenvalue weighted by molar-refractivity contribution is 0.486. The van der Waals surface area contributed by atoms with Crippen molar-refractivity contribution in [2.75, 3.05) is 6.54 Å². The Morgan fingerprint density at radius 1 is 1.45 bits per heavy atom. The van der Waals surface area contributed by atoms with Crippen LogP contribution >= 0.6 is 11.6 Å². The minimum atomic E-state index is -3.66. The van der Waals surface area contributed by atoms with Crippen molar-refractivity contribution in [3.05, 3.63) is 28.8 Å². The minimum Gasteiger partial charge on any atom is -0.327 e. The Kier molecular flexibility index (Phi) is 5.96. The molecule has 110 valence electrons. The Morgan fingerprint density at radius 2 is 2.10 bits per heavy atom. The first-order valence-corrected chi connectivity index (χ1v) is 8.07. The molecule has 0 saturated heterocycles. The predicted octanol–water partition coefficient (Wildman–Crippen LogP) is 1.86. The normalized spacial score (nSPS) is 13.2. The fraction of sp³-hybridized carbons (Fsp3) is 0.462. The Labute approximate surface area is 124 Å². The second kappa shape index (κ2) is 7.04. The third-order valence-corrected chi connectivity index (χ3v) is 4.41. The zero-order valence-corrected chi connectivity index (χ0v) is 13.0. The summed E-state index contributed by atoms with van der Waals surface area (Å²) >= 11 is 5.83. The zero-order valence-electron chi connectivity index (χ0n) is 11.4. The van der Waals surface area contributed by atoms with E-state index in [0.717, 1.165) is 6.42 Å². The highest BCUT2D eigenvalue weighted by Crippen LogP contribution is 2.20. The largest absolute Gasteiger partial charge is 0.327 e. The van der Waals surface area contributed by atoms with Gasteiger partial charge in [-0.3, -0.25) is 0 Å². The van der Waals surface area contributed by atoms with E-state index in [-0.39, 0.29) is 28.1 Å². The summed E-state index contributed by atoms with van der Waals surface area (Å²) in [4.78, 5) is 0.0262. The predicted molar refractivity (Wildman–Crippen MR) is 78.8 cm³/mol. The summed E-state index contributed by atoms with van der Waals surface area (Å²) < 4.78 is 26.6. The van der Waals surface area contributed by atoms with Crippen molar-refractivity contribution in [2.24, 2.45) is 11.7 Å². The molecule has 0 spiro atoms. The molecule has 5 nitrogen and oxygen atoms in total. The molecule has 7 heteroatoms. The molecular formula is C13H18ClN3O2S. The van der Waals surface area contributed by atoms with Crippen molar-refractivity contribution in [2.45, 2.75) is 31.2 Å². The van der Waals surface area contributed by atoms with Gasteiger partial charge in [-0.1, -0.05) is 25.4 Å². The molecule has 0 radical (unpaired) electrons. The molecule has 0 aromatic heterocycles. The molecule has 0 aliphatic rings. The number of sulfonamides is 1. The number of halogens is 1. The third-order valence-electron chi connectivity index (χ3n) is 2.68. The number of rotatable bonds is 6. The van der Waals surface area contributed by atoms with Gasteiger partial charge in [0.05, 0.1) is 15.5 Å². The van der Waals surface area contributed by atoms with Crippen LogP contribution in [0.3, 0.4) is 0 Å². The van der Waals surface area contributed by atoms with Crippen LogP contribution in [0, 0.1) is 17.2 Å². The standard InChI is InChI=1S/C13H18ClN3O2S/c1-9(2)5-11(16)8-17-20(18,19)12-4-3-10(7-15)13(14)6-12/h3-4,6,9,11,17H,5,8,16H2,1-2H3. The van der Waals surface area contributed by atoms with Crippen molar-refractivity contribution in [3.8, 4) is 6.07 Å². The van der Waals surface area contributed by atoms with Crippen LogP contribution in [0.2, 0.25) is 5.02 Å². The van der Waals surface area contributed by atoms with E-state index in [2.05, 4.69) is 4.72 Å². The lowest BCUT2D eigenvalue weighted by atomic mass is 10.1. The Balaban J connectivity index is 2.79. The van der Waals surface area contributed by atoms with E-state index in [0.29, 0.717) is 5.92 Å². The Morgan fingerprint density at radius 3 is 2.60 bits per heavy atom. The van der Waals surface area contributed by atoms with E-state index in [1.54, 1.807) is 0 Å². The number of benzene rings is 1. The molecule has 0 bridgehead atoms. The summed E-state index contributed by atoms with van der Waals surface area (Å²) in [6.45, 7) is 4.21. The van der Waals surface area contributed by atoms with Crippen LogP contribution in [0.25, 0.3) is 0 Å². The summed E-state index contributed by atoms with van der Waals surface area (Å²) in [6.07, 6.45) is 0.733. The van der Waals surface area contributed by atoms with Gasteiger partial charge in [-0.05, 0) is 30.5 Å². The van der Waals surface area contributed by atoms with E-state index >= 15 is 0 Å². The van der Waals surface area contributed by atoms with Gasteiger partial charge in [0.25, 0.3) is 0 Å². The molecule has 1 unspecified atom stereocenters. The van der Waals surface area contributed by atoms with Gasteiger partial charge in [0, 0.05) is 12.6 Å². The van der Waals surface area contributed by atoms with E-state index < -0.39 is 10.0 Å². The maximum atomic E-state index is 12.1. The lowest BCUT2D eigenvalue weighted by Crippen LogP contribution is -2.38. The van der Waals surface area contributed by atoms with Crippen LogP contribution < -0.4 is 10.5 Å². The highest BCUT2D eigenvalue weighted by atomic mass is 35.5. The van der Waals surface area contributed by atoms with E-state index in [4.69, 9.17) is 22.6 Å². The molecule has 3 N–H and O–H groups in total. The lowest BCUT2D eigenvalue weighted by Gasteiger charge is -2.15. The average molecular weight is 316 g/mol. The SMILES string of the molecule is CC(C)CC(N)CNS(=O)(=O)c1ccc(C#N)c(Cl)c1. The smallest absolute Gasteiger partial charge is 0.240 e.